The summed E-state index contributed by atoms with van der Waals surface area (Å²) in [5.74, 6) is 2.62. The largest absolute Gasteiger partial charge is 0.338 e. The molecule has 4 heterocycles. The van der Waals surface area contributed by atoms with Crippen molar-refractivity contribution < 1.29 is 4.79 Å². The topological polar surface area (TPSA) is 80.9 Å². The Hall–Kier alpha value is -2.22. The molecule has 1 amide bonds. The number of aromatic nitrogens is 5. The number of carbonyl (C=O) groups excluding carboxylic acids is 1. The summed E-state index contributed by atoms with van der Waals surface area (Å²) in [7, 11) is 0. The lowest BCUT2D eigenvalue weighted by molar-refractivity contribution is 0.0708. The third-order valence-corrected chi connectivity index (χ3v) is 5.87. The Balaban J connectivity index is 1.46. The van der Waals surface area contributed by atoms with E-state index >= 15 is 0 Å². The molecule has 2 aromatic heterocycles. The summed E-state index contributed by atoms with van der Waals surface area (Å²) in [6, 6.07) is 0. The number of hydrogen-bond donors (Lipinski definition) is 1. The van der Waals surface area contributed by atoms with Gasteiger partial charge in [0, 0.05) is 32.1 Å². The lowest BCUT2D eigenvalue weighted by atomic mass is 9.95. The van der Waals surface area contributed by atoms with Crippen LogP contribution in [0.1, 0.15) is 74.2 Å². The Labute approximate surface area is 166 Å². The molecule has 0 spiro atoms. The van der Waals surface area contributed by atoms with E-state index in [1.807, 2.05) is 9.58 Å². The van der Waals surface area contributed by atoms with Gasteiger partial charge < -0.3 is 14.8 Å². The number of nitrogens with zero attached hydrogens (tertiary/aromatic N) is 6. The fourth-order valence-corrected chi connectivity index (χ4v) is 4.40. The molecule has 0 bridgehead atoms. The van der Waals surface area contributed by atoms with Crippen molar-refractivity contribution in [1.29, 1.82) is 0 Å². The maximum absolute atomic E-state index is 13.2. The van der Waals surface area contributed by atoms with E-state index in [0.29, 0.717) is 5.92 Å². The van der Waals surface area contributed by atoms with Gasteiger partial charge in [-0.25, -0.2) is 0 Å². The summed E-state index contributed by atoms with van der Waals surface area (Å²) in [5, 5.41) is 16.7. The van der Waals surface area contributed by atoms with Crippen molar-refractivity contribution in [3.05, 3.63) is 29.1 Å². The zero-order chi connectivity index (χ0) is 19.9. The standard InChI is InChI=1S/C20H31N7O/c1-5-16-15(12-22-27(16)20(2,3)4)19(28)25-9-6-14(7-10-25)18-24-23-17-13-21-8-11-26(17)18/h12,14,21H,5-11,13H2,1-4H3. The van der Waals surface area contributed by atoms with Gasteiger partial charge in [-0.3, -0.25) is 9.48 Å². The zero-order valence-electron chi connectivity index (χ0n) is 17.4. The van der Waals surface area contributed by atoms with Gasteiger partial charge in [0.25, 0.3) is 5.91 Å². The van der Waals surface area contributed by atoms with Gasteiger partial charge in [-0.05, 0) is 40.0 Å². The first-order valence-electron chi connectivity index (χ1n) is 10.4. The van der Waals surface area contributed by atoms with E-state index in [1.54, 1.807) is 6.20 Å². The minimum atomic E-state index is -0.126. The van der Waals surface area contributed by atoms with E-state index in [4.69, 9.17) is 0 Å². The summed E-state index contributed by atoms with van der Waals surface area (Å²) < 4.78 is 4.25. The number of likely N-dealkylation sites (tertiary alicyclic amines) is 1. The molecular weight excluding hydrogens is 354 g/mol. The predicted molar refractivity (Wildman–Crippen MR) is 106 cm³/mol. The number of rotatable bonds is 3. The number of amides is 1. The van der Waals surface area contributed by atoms with Crippen LogP contribution in [0.15, 0.2) is 6.20 Å². The number of fused-ring (bicyclic) bond motifs is 1. The van der Waals surface area contributed by atoms with Gasteiger partial charge in [0.15, 0.2) is 0 Å². The van der Waals surface area contributed by atoms with E-state index < -0.39 is 0 Å². The highest BCUT2D eigenvalue weighted by Crippen LogP contribution is 2.29. The molecule has 1 saturated heterocycles. The van der Waals surface area contributed by atoms with Crippen molar-refractivity contribution in [2.24, 2.45) is 0 Å². The van der Waals surface area contributed by atoms with Gasteiger partial charge in [-0.15, -0.1) is 10.2 Å². The normalized spacial score (nSPS) is 18.4. The highest BCUT2D eigenvalue weighted by molar-refractivity contribution is 5.95. The van der Waals surface area contributed by atoms with E-state index in [9.17, 15) is 4.79 Å². The summed E-state index contributed by atoms with van der Waals surface area (Å²) in [6.45, 7) is 12.7. The maximum atomic E-state index is 13.2. The lowest BCUT2D eigenvalue weighted by Gasteiger charge is -2.32. The fourth-order valence-electron chi connectivity index (χ4n) is 4.40. The number of hydrogen-bond acceptors (Lipinski definition) is 5. The van der Waals surface area contributed by atoms with Crippen molar-refractivity contribution in [3.8, 4) is 0 Å². The number of piperidine rings is 1. The van der Waals surface area contributed by atoms with Crippen molar-refractivity contribution in [3.63, 3.8) is 0 Å². The second-order valence-corrected chi connectivity index (χ2v) is 8.81. The highest BCUT2D eigenvalue weighted by atomic mass is 16.2. The molecule has 4 rings (SSSR count). The first-order chi connectivity index (χ1) is 13.4. The summed E-state index contributed by atoms with van der Waals surface area (Å²) in [4.78, 5) is 15.2. The number of nitrogens with one attached hydrogen (secondary N) is 1. The molecule has 0 aliphatic carbocycles. The van der Waals surface area contributed by atoms with Crippen LogP contribution in [0, 0.1) is 0 Å². The molecule has 152 valence electrons. The molecule has 8 heteroatoms. The molecule has 0 radical (unpaired) electrons. The Morgan fingerprint density at radius 3 is 2.64 bits per heavy atom. The average Bonchev–Trinajstić information content (AvgIpc) is 3.31. The average molecular weight is 386 g/mol. The lowest BCUT2D eigenvalue weighted by Crippen LogP contribution is -2.39. The molecule has 0 saturated carbocycles. The molecule has 28 heavy (non-hydrogen) atoms. The Morgan fingerprint density at radius 2 is 1.96 bits per heavy atom. The van der Waals surface area contributed by atoms with E-state index in [1.165, 1.54) is 0 Å². The van der Waals surface area contributed by atoms with Crippen LogP contribution in [0.25, 0.3) is 0 Å². The second-order valence-electron chi connectivity index (χ2n) is 8.81. The van der Waals surface area contributed by atoms with Gasteiger partial charge in [0.2, 0.25) is 0 Å². The maximum Gasteiger partial charge on any atom is 0.257 e. The Bertz CT molecular complexity index is 853. The zero-order valence-corrected chi connectivity index (χ0v) is 17.4. The van der Waals surface area contributed by atoms with Gasteiger partial charge in [-0.2, -0.15) is 5.10 Å². The van der Waals surface area contributed by atoms with Crippen LogP contribution in [0.4, 0.5) is 0 Å². The summed E-state index contributed by atoms with van der Waals surface area (Å²) >= 11 is 0. The first kappa shape index (κ1) is 19.1. The van der Waals surface area contributed by atoms with Crippen LogP contribution >= 0.6 is 0 Å². The van der Waals surface area contributed by atoms with Gasteiger partial charge in [0.05, 0.1) is 29.5 Å². The van der Waals surface area contributed by atoms with Crippen LogP contribution in [0.5, 0.6) is 0 Å². The molecule has 2 aliphatic rings. The molecule has 2 aromatic rings. The SMILES string of the molecule is CCc1c(C(=O)N2CCC(c3nnc4n3CCNC4)CC2)cnn1C(C)(C)C. The minimum absolute atomic E-state index is 0.110. The van der Waals surface area contributed by atoms with Gasteiger partial charge in [0.1, 0.15) is 11.6 Å². The predicted octanol–water partition coefficient (Wildman–Crippen LogP) is 1.92. The van der Waals surface area contributed by atoms with Crippen molar-refractivity contribution in [2.45, 2.75) is 71.5 Å². The summed E-state index contributed by atoms with van der Waals surface area (Å²) in [6.07, 6.45) is 4.42. The second kappa shape index (κ2) is 7.31. The number of carbonyl (C=O) groups is 1. The summed E-state index contributed by atoms with van der Waals surface area (Å²) in [5.41, 5.74) is 1.65. The van der Waals surface area contributed by atoms with Crippen LogP contribution < -0.4 is 5.32 Å². The Kier molecular flexibility index (Phi) is 4.99. The fraction of sp³-hybridized carbons (Fsp3) is 0.700. The van der Waals surface area contributed by atoms with Crippen molar-refractivity contribution in [1.82, 2.24) is 34.8 Å². The molecule has 0 atom stereocenters. The van der Waals surface area contributed by atoms with Crippen LogP contribution in [0.3, 0.4) is 0 Å². The van der Waals surface area contributed by atoms with Crippen LogP contribution in [-0.4, -0.2) is 55.0 Å². The molecular formula is C20H31N7O. The molecule has 0 aromatic carbocycles. The molecule has 0 unspecified atom stereocenters. The first-order valence-corrected chi connectivity index (χ1v) is 10.4. The van der Waals surface area contributed by atoms with Gasteiger partial charge in [-0.1, -0.05) is 6.92 Å². The van der Waals surface area contributed by atoms with Crippen LogP contribution in [-0.2, 0) is 25.0 Å². The third-order valence-electron chi connectivity index (χ3n) is 5.87. The minimum Gasteiger partial charge on any atom is -0.338 e. The molecule has 1 N–H and O–H groups in total. The molecule has 2 aliphatic heterocycles. The quantitative estimate of drug-likeness (QED) is 0.873. The smallest absolute Gasteiger partial charge is 0.257 e. The van der Waals surface area contributed by atoms with E-state index in [0.717, 1.165) is 74.9 Å². The van der Waals surface area contributed by atoms with Crippen molar-refractivity contribution in [2.75, 3.05) is 19.6 Å². The van der Waals surface area contributed by atoms with Crippen molar-refractivity contribution >= 4 is 5.91 Å². The highest BCUT2D eigenvalue weighted by Gasteiger charge is 2.31. The molecule has 1 fully saturated rings. The monoisotopic (exact) mass is 385 g/mol. The Morgan fingerprint density at radius 1 is 1.21 bits per heavy atom. The van der Waals surface area contributed by atoms with Crippen LogP contribution in [0.2, 0.25) is 0 Å². The third kappa shape index (κ3) is 3.34. The van der Waals surface area contributed by atoms with E-state index in [2.05, 4.69) is 52.9 Å². The van der Waals surface area contributed by atoms with E-state index in [-0.39, 0.29) is 11.4 Å². The van der Waals surface area contributed by atoms with Gasteiger partial charge >= 0.3 is 0 Å². The molecule has 8 nitrogen and oxygen atoms in total.